The Kier molecular flexibility index (Phi) is 6.84. The van der Waals surface area contributed by atoms with Crippen molar-refractivity contribution >= 4 is 23.8 Å². The number of rotatable bonds is 6. The molecule has 2 amide bonds. The Hall–Kier alpha value is -0.990. The molecule has 1 aliphatic rings. The predicted molar refractivity (Wildman–Crippen MR) is 68.5 cm³/mol. The first-order chi connectivity index (χ1) is 8.63. The van der Waals surface area contributed by atoms with E-state index in [2.05, 4.69) is 10.7 Å². The van der Waals surface area contributed by atoms with Gasteiger partial charge in [0.1, 0.15) is 6.04 Å². The summed E-state index contributed by atoms with van der Waals surface area (Å²) < 4.78 is 5.14. The maximum Gasteiger partial charge on any atom is 0.330 e. The van der Waals surface area contributed by atoms with Gasteiger partial charge in [0.15, 0.2) is 0 Å². The van der Waals surface area contributed by atoms with Gasteiger partial charge in [0.25, 0.3) is 0 Å². The van der Waals surface area contributed by atoms with Gasteiger partial charge in [0, 0.05) is 13.1 Å². The van der Waals surface area contributed by atoms with Crippen LogP contribution in [0.3, 0.4) is 0 Å². The van der Waals surface area contributed by atoms with Crippen molar-refractivity contribution in [2.24, 2.45) is 0 Å². The number of nitrogens with one attached hydrogen (secondary N) is 2. The number of thioether (sulfide) groups is 1. The van der Waals surface area contributed by atoms with Gasteiger partial charge in [-0.15, -0.1) is 0 Å². The van der Waals surface area contributed by atoms with Gasteiger partial charge in [-0.25, -0.2) is 14.6 Å². The molecule has 1 heterocycles. The van der Waals surface area contributed by atoms with Crippen LogP contribution in [-0.2, 0) is 9.53 Å². The highest BCUT2D eigenvalue weighted by molar-refractivity contribution is 7.98. The third-order valence-corrected chi connectivity index (χ3v) is 3.13. The first-order valence-electron chi connectivity index (χ1n) is 5.75. The molecular weight excluding hydrogens is 258 g/mol. The molecule has 0 aliphatic carbocycles. The molecule has 0 spiro atoms. The fraction of sp³-hybridized carbons (Fsp3) is 0.800. The zero-order chi connectivity index (χ0) is 13.4. The first kappa shape index (κ1) is 15.1. The van der Waals surface area contributed by atoms with Gasteiger partial charge in [-0.1, -0.05) is 0 Å². The van der Waals surface area contributed by atoms with E-state index >= 15 is 0 Å². The molecule has 1 fully saturated rings. The minimum absolute atomic E-state index is 0.410. The molecule has 1 atom stereocenters. The maximum atomic E-state index is 11.6. The normalized spacial score (nSPS) is 18.1. The molecule has 3 N–H and O–H groups in total. The van der Waals surface area contributed by atoms with Gasteiger partial charge in [-0.3, -0.25) is 5.43 Å². The minimum Gasteiger partial charge on any atom is -0.480 e. The van der Waals surface area contributed by atoms with E-state index in [1.165, 1.54) is 0 Å². The van der Waals surface area contributed by atoms with Crippen LogP contribution in [0.5, 0.6) is 0 Å². The molecule has 0 saturated carbocycles. The number of aliphatic carboxylic acids is 1. The van der Waals surface area contributed by atoms with Crippen LogP contribution in [0.2, 0.25) is 0 Å². The summed E-state index contributed by atoms with van der Waals surface area (Å²) in [5, 5.41) is 13.1. The van der Waals surface area contributed by atoms with E-state index < -0.39 is 18.0 Å². The molecule has 1 rings (SSSR count). The number of urea groups is 1. The van der Waals surface area contributed by atoms with Crippen molar-refractivity contribution in [1.29, 1.82) is 0 Å². The number of carboxylic acids is 1. The standard InChI is InChI=1S/C10H19N3O4S/c1-18-7-2-8(9(14)15)11-10(16)12-13-3-5-17-6-4-13/h8H,2-7H2,1H3,(H,14,15)(H2,11,12,16)/t8-/m0/s1. The quantitative estimate of drug-likeness (QED) is 0.619. The van der Waals surface area contributed by atoms with Crippen LogP contribution in [0, 0.1) is 0 Å². The van der Waals surface area contributed by atoms with Crippen molar-refractivity contribution in [2.45, 2.75) is 12.5 Å². The average molecular weight is 277 g/mol. The molecule has 0 unspecified atom stereocenters. The highest BCUT2D eigenvalue weighted by atomic mass is 32.2. The number of hydrogen-bond acceptors (Lipinski definition) is 5. The number of carbonyl (C=O) groups is 2. The number of carbonyl (C=O) groups excluding carboxylic acids is 1. The van der Waals surface area contributed by atoms with Gasteiger partial charge in [-0.05, 0) is 18.4 Å². The molecule has 0 aromatic carbocycles. The van der Waals surface area contributed by atoms with Crippen molar-refractivity contribution in [3.63, 3.8) is 0 Å². The lowest BCUT2D eigenvalue weighted by atomic mass is 10.2. The van der Waals surface area contributed by atoms with Crippen LogP contribution in [0.25, 0.3) is 0 Å². The lowest BCUT2D eigenvalue weighted by molar-refractivity contribution is -0.139. The topological polar surface area (TPSA) is 90.9 Å². The highest BCUT2D eigenvalue weighted by Gasteiger charge is 2.20. The van der Waals surface area contributed by atoms with Crippen molar-refractivity contribution < 1.29 is 19.4 Å². The molecule has 0 bridgehead atoms. The number of nitrogens with zero attached hydrogens (tertiary/aromatic N) is 1. The Morgan fingerprint density at radius 2 is 2.11 bits per heavy atom. The molecule has 7 nitrogen and oxygen atoms in total. The average Bonchev–Trinajstić information content (AvgIpc) is 2.35. The third kappa shape index (κ3) is 5.56. The molecule has 8 heteroatoms. The summed E-state index contributed by atoms with van der Waals surface area (Å²) in [5.41, 5.74) is 2.61. The van der Waals surface area contributed by atoms with Gasteiger partial charge in [0.2, 0.25) is 0 Å². The smallest absolute Gasteiger partial charge is 0.330 e. The Morgan fingerprint density at radius 1 is 1.44 bits per heavy atom. The molecule has 104 valence electrons. The summed E-state index contributed by atoms with van der Waals surface area (Å²) in [6.07, 6.45) is 2.31. The fourth-order valence-corrected chi connectivity index (χ4v) is 1.97. The molecule has 0 aromatic rings. The van der Waals surface area contributed by atoms with Gasteiger partial charge < -0.3 is 15.2 Å². The predicted octanol–water partition coefficient (Wildman–Crippen LogP) is -0.261. The number of amides is 2. The summed E-state index contributed by atoms with van der Waals surface area (Å²) in [6, 6.07) is -1.33. The molecule has 1 saturated heterocycles. The van der Waals surface area contributed by atoms with E-state index in [0.29, 0.717) is 38.5 Å². The summed E-state index contributed by atoms with van der Waals surface area (Å²) in [7, 11) is 0. The van der Waals surface area contributed by atoms with Crippen molar-refractivity contribution in [3.8, 4) is 0 Å². The Balaban J connectivity index is 2.32. The Morgan fingerprint density at radius 3 is 2.67 bits per heavy atom. The van der Waals surface area contributed by atoms with Crippen LogP contribution in [-0.4, -0.2) is 66.5 Å². The Labute approximate surface area is 110 Å². The number of hydrogen-bond donors (Lipinski definition) is 3. The van der Waals surface area contributed by atoms with E-state index in [0.717, 1.165) is 0 Å². The van der Waals surface area contributed by atoms with Crippen molar-refractivity contribution in [3.05, 3.63) is 0 Å². The lowest BCUT2D eigenvalue weighted by Gasteiger charge is -2.27. The zero-order valence-corrected chi connectivity index (χ0v) is 11.2. The second-order valence-corrected chi connectivity index (χ2v) is 4.84. The fourth-order valence-electron chi connectivity index (χ4n) is 1.50. The third-order valence-electron chi connectivity index (χ3n) is 2.48. The highest BCUT2D eigenvalue weighted by Crippen LogP contribution is 2.01. The zero-order valence-electron chi connectivity index (χ0n) is 10.3. The summed E-state index contributed by atoms with van der Waals surface area (Å²) in [5.74, 6) is -0.324. The lowest BCUT2D eigenvalue weighted by Crippen LogP contribution is -2.54. The van der Waals surface area contributed by atoms with Gasteiger partial charge in [0.05, 0.1) is 13.2 Å². The molecule has 18 heavy (non-hydrogen) atoms. The summed E-state index contributed by atoms with van der Waals surface area (Å²) >= 11 is 1.55. The summed E-state index contributed by atoms with van der Waals surface area (Å²) in [6.45, 7) is 2.34. The number of hydrazine groups is 1. The van der Waals surface area contributed by atoms with Crippen LogP contribution < -0.4 is 10.7 Å². The van der Waals surface area contributed by atoms with E-state index in [4.69, 9.17) is 9.84 Å². The second kappa shape index (κ2) is 8.17. The van der Waals surface area contributed by atoms with E-state index in [1.54, 1.807) is 16.8 Å². The SMILES string of the molecule is CSCC[C@H](NC(=O)NN1CCOCC1)C(=O)O. The first-order valence-corrected chi connectivity index (χ1v) is 7.14. The van der Waals surface area contributed by atoms with E-state index in [1.807, 2.05) is 6.26 Å². The minimum atomic E-state index is -1.01. The maximum absolute atomic E-state index is 11.6. The summed E-state index contributed by atoms with van der Waals surface area (Å²) in [4.78, 5) is 22.6. The number of carboxylic acid groups (broad SMARTS) is 1. The molecular formula is C10H19N3O4S. The number of ether oxygens (including phenoxy) is 1. The van der Waals surface area contributed by atoms with E-state index in [-0.39, 0.29) is 0 Å². The van der Waals surface area contributed by atoms with Crippen LogP contribution in [0.4, 0.5) is 4.79 Å². The van der Waals surface area contributed by atoms with Gasteiger partial charge >= 0.3 is 12.0 Å². The molecule has 0 aromatic heterocycles. The monoisotopic (exact) mass is 277 g/mol. The van der Waals surface area contributed by atoms with E-state index in [9.17, 15) is 9.59 Å². The second-order valence-electron chi connectivity index (χ2n) is 3.86. The largest absolute Gasteiger partial charge is 0.480 e. The Bertz CT molecular complexity index is 284. The van der Waals surface area contributed by atoms with Gasteiger partial charge in [-0.2, -0.15) is 11.8 Å². The van der Waals surface area contributed by atoms with Crippen LogP contribution >= 0.6 is 11.8 Å². The van der Waals surface area contributed by atoms with Crippen LogP contribution in [0.15, 0.2) is 0 Å². The van der Waals surface area contributed by atoms with Crippen LogP contribution in [0.1, 0.15) is 6.42 Å². The molecule has 1 aliphatic heterocycles. The van der Waals surface area contributed by atoms with Crippen molar-refractivity contribution in [1.82, 2.24) is 15.8 Å². The number of morpholine rings is 1. The molecule has 0 radical (unpaired) electrons. The van der Waals surface area contributed by atoms with Crippen molar-refractivity contribution in [2.75, 3.05) is 38.3 Å².